The number of amides is 1. The summed E-state index contributed by atoms with van der Waals surface area (Å²) >= 11 is 5.77. The minimum atomic E-state index is -1.17. The van der Waals surface area contributed by atoms with E-state index in [1.807, 2.05) is 0 Å². The molecule has 2 rings (SSSR count). The molecule has 1 heterocycles. The predicted octanol–water partition coefficient (Wildman–Crippen LogP) is 1.77. The number of halogens is 1. The molecule has 1 atom stereocenters. The second-order valence-corrected chi connectivity index (χ2v) is 5.87. The van der Waals surface area contributed by atoms with Gasteiger partial charge in [-0.25, -0.2) is 4.79 Å². The average molecular weight is 341 g/mol. The molecule has 0 saturated carbocycles. The first kappa shape index (κ1) is 17.2. The van der Waals surface area contributed by atoms with Crippen molar-refractivity contribution in [2.45, 2.75) is 12.8 Å². The molecule has 1 aromatic carbocycles. The standard InChI is InChI=1S/C15H17ClN2O5/c16-12-4-3-10(6-11(12)15(22)23)17-13(19)8-18-5-1-2-9(7-18)14(20)21/h3-4,6,9H,1-2,5,7-8H2,(H,17,19)(H,20,21)(H,22,23)/t9-/m0/s1. The number of piperidine rings is 1. The summed E-state index contributed by atoms with van der Waals surface area (Å²) in [6.07, 6.45) is 1.35. The zero-order valence-corrected chi connectivity index (χ0v) is 13.0. The van der Waals surface area contributed by atoms with E-state index in [9.17, 15) is 14.4 Å². The van der Waals surface area contributed by atoms with E-state index in [4.69, 9.17) is 21.8 Å². The lowest BCUT2D eigenvalue weighted by atomic mass is 9.98. The number of hydrogen-bond donors (Lipinski definition) is 3. The summed E-state index contributed by atoms with van der Waals surface area (Å²) in [5.41, 5.74) is 0.247. The Bertz CT molecular complexity index is 634. The Labute approximate surface area is 137 Å². The molecule has 1 saturated heterocycles. The maximum Gasteiger partial charge on any atom is 0.337 e. The molecule has 1 aliphatic heterocycles. The van der Waals surface area contributed by atoms with Crippen molar-refractivity contribution in [2.24, 2.45) is 5.92 Å². The minimum absolute atomic E-state index is 0.0643. The van der Waals surface area contributed by atoms with Crippen molar-refractivity contribution in [1.82, 2.24) is 4.90 Å². The smallest absolute Gasteiger partial charge is 0.337 e. The number of carboxylic acids is 2. The number of hydrogen-bond acceptors (Lipinski definition) is 4. The van der Waals surface area contributed by atoms with E-state index >= 15 is 0 Å². The van der Waals surface area contributed by atoms with Crippen LogP contribution in [0, 0.1) is 5.92 Å². The maximum atomic E-state index is 12.0. The van der Waals surface area contributed by atoms with Gasteiger partial charge in [0.05, 0.1) is 23.0 Å². The van der Waals surface area contributed by atoms with Crippen molar-refractivity contribution in [3.05, 3.63) is 28.8 Å². The lowest BCUT2D eigenvalue weighted by Gasteiger charge is -2.29. The van der Waals surface area contributed by atoms with Gasteiger partial charge in [0.1, 0.15) is 0 Å². The monoisotopic (exact) mass is 340 g/mol. The first-order valence-electron chi connectivity index (χ1n) is 7.14. The molecule has 0 aromatic heterocycles. The van der Waals surface area contributed by atoms with E-state index in [1.165, 1.54) is 18.2 Å². The molecule has 23 heavy (non-hydrogen) atoms. The Hall–Kier alpha value is -2.12. The van der Waals surface area contributed by atoms with Crippen molar-refractivity contribution in [2.75, 3.05) is 25.0 Å². The van der Waals surface area contributed by atoms with Crippen molar-refractivity contribution in [1.29, 1.82) is 0 Å². The van der Waals surface area contributed by atoms with Gasteiger partial charge >= 0.3 is 11.9 Å². The average Bonchev–Trinajstić information content (AvgIpc) is 2.49. The van der Waals surface area contributed by atoms with Gasteiger partial charge in [-0.15, -0.1) is 0 Å². The minimum Gasteiger partial charge on any atom is -0.481 e. The molecule has 0 spiro atoms. The van der Waals surface area contributed by atoms with Crippen LogP contribution in [0.5, 0.6) is 0 Å². The highest BCUT2D eigenvalue weighted by atomic mass is 35.5. The van der Waals surface area contributed by atoms with Gasteiger partial charge in [-0.1, -0.05) is 11.6 Å². The highest BCUT2D eigenvalue weighted by molar-refractivity contribution is 6.33. The third-order valence-electron chi connectivity index (χ3n) is 3.70. The van der Waals surface area contributed by atoms with Crippen molar-refractivity contribution in [3.63, 3.8) is 0 Å². The number of rotatable bonds is 5. The number of nitrogens with zero attached hydrogens (tertiary/aromatic N) is 1. The van der Waals surface area contributed by atoms with Crippen LogP contribution in [0.3, 0.4) is 0 Å². The van der Waals surface area contributed by atoms with Gasteiger partial charge in [0.2, 0.25) is 5.91 Å². The van der Waals surface area contributed by atoms with E-state index in [-0.39, 0.29) is 23.0 Å². The highest BCUT2D eigenvalue weighted by Crippen LogP contribution is 2.21. The summed E-state index contributed by atoms with van der Waals surface area (Å²) in [5, 5.41) is 20.7. The van der Waals surface area contributed by atoms with Gasteiger partial charge < -0.3 is 15.5 Å². The fourth-order valence-corrected chi connectivity index (χ4v) is 2.77. The fourth-order valence-electron chi connectivity index (χ4n) is 2.57. The Morgan fingerprint density at radius 2 is 2.04 bits per heavy atom. The maximum absolute atomic E-state index is 12.0. The van der Waals surface area contributed by atoms with Gasteiger partial charge in [-0.2, -0.15) is 0 Å². The molecule has 1 amide bonds. The number of carboxylic acid groups (broad SMARTS) is 2. The molecule has 1 aliphatic rings. The zero-order chi connectivity index (χ0) is 17.0. The van der Waals surface area contributed by atoms with Gasteiger partial charge in [-0.05, 0) is 37.6 Å². The lowest BCUT2D eigenvalue weighted by molar-refractivity contribution is -0.144. The van der Waals surface area contributed by atoms with Crippen LogP contribution in [0.1, 0.15) is 23.2 Å². The van der Waals surface area contributed by atoms with E-state index < -0.39 is 17.9 Å². The van der Waals surface area contributed by atoms with Crippen LogP contribution in [0.4, 0.5) is 5.69 Å². The van der Waals surface area contributed by atoms with Crippen LogP contribution in [-0.4, -0.2) is 52.6 Å². The number of benzene rings is 1. The van der Waals surface area contributed by atoms with Crippen molar-refractivity contribution < 1.29 is 24.6 Å². The summed E-state index contributed by atoms with van der Waals surface area (Å²) in [5.74, 6) is -2.80. The summed E-state index contributed by atoms with van der Waals surface area (Å²) in [6.45, 7) is 1.07. The first-order chi connectivity index (χ1) is 10.9. The summed E-state index contributed by atoms with van der Waals surface area (Å²) in [4.78, 5) is 35.9. The fraction of sp³-hybridized carbons (Fsp3) is 0.400. The van der Waals surface area contributed by atoms with Crippen LogP contribution >= 0.6 is 11.6 Å². The van der Waals surface area contributed by atoms with Gasteiger partial charge in [0.25, 0.3) is 0 Å². The molecule has 7 nitrogen and oxygen atoms in total. The predicted molar refractivity (Wildman–Crippen MR) is 83.8 cm³/mol. The highest BCUT2D eigenvalue weighted by Gasteiger charge is 2.26. The van der Waals surface area contributed by atoms with E-state index in [0.717, 1.165) is 6.42 Å². The molecule has 0 unspecified atom stereocenters. The molecule has 8 heteroatoms. The Morgan fingerprint density at radius 3 is 2.70 bits per heavy atom. The van der Waals surface area contributed by atoms with Crippen LogP contribution in [-0.2, 0) is 9.59 Å². The number of carbonyl (C=O) groups is 3. The molecule has 124 valence electrons. The van der Waals surface area contributed by atoms with Crippen molar-refractivity contribution in [3.8, 4) is 0 Å². The van der Waals surface area contributed by atoms with Crippen molar-refractivity contribution >= 4 is 35.1 Å². The van der Waals surface area contributed by atoms with Gasteiger partial charge in [0.15, 0.2) is 0 Å². The van der Waals surface area contributed by atoms with Gasteiger partial charge in [0, 0.05) is 12.2 Å². The van der Waals surface area contributed by atoms with Gasteiger partial charge in [-0.3, -0.25) is 14.5 Å². The van der Waals surface area contributed by atoms with Crippen LogP contribution in [0.2, 0.25) is 5.02 Å². The third-order valence-corrected chi connectivity index (χ3v) is 4.03. The molecular formula is C15H17ClN2O5. The molecule has 3 N–H and O–H groups in total. The third kappa shape index (κ3) is 4.67. The molecule has 0 radical (unpaired) electrons. The summed E-state index contributed by atoms with van der Waals surface area (Å²) in [7, 11) is 0. The van der Waals surface area contributed by atoms with Crippen LogP contribution < -0.4 is 5.32 Å². The normalized spacial score (nSPS) is 18.4. The zero-order valence-electron chi connectivity index (χ0n) is 12.3. The van der Waals surface area contributed by atoms with E-state index in [1.54, 1.807) is 4.90 Å². The molecular weight excluding hydrogens is 324 g/mol. The lowest BCUT2D eigenvalue weighted by Crippen LogP contribution is -2.42. The molecule has 0 bridgehead atoms. The number of aliphatic carboxylic acids is 1. The number of aromatic carboxylic acids is 1. The molecule has 0 aliphatic carbocycles. The van der Waals surface area contributed by atoms with E-state index in [2.05, 4.69) is 5.32 Å². The second kappa shape index (κ2) is 7.43. The largest absolute Gasteiger partial charge is 0.481 e. The second-order valence-electron chi connectivity index (χ2n) is 5.46. The van der Waals surface area contributed by atoms with Crippen LogP contribution in [0.25, 0.3) is 0 Å². The van der Waals surface area contributed by atoms with Crippen LogP contribution in [0.15, 0.2) is 18.2 Å². The SMILES string of the molecule is O=C(CN1CCC[C@H](C(=O)O)C1)Nc1ccc(Cl)c(C(=O)O)c1. The Kier molecular flexibility index (Phi) is 5.57. The van der Waals surface area contributed by atoms with E-state index in [0.29, 0.717) is 25.2 Å². The molecule has 1 fully saturated rings. The number of likely N-dealkylation sites (tertiary alicyclic amines) is 1. The topological polar surface area (TPSA) is 107 Å². The summed E-state index contributed by atoms with van der Waals surface area (Å²) < 4.78 is 0. The molecule has 1 aromatic rings. The Balaban J connectivity index is 1.96. The Morgan fingerprint density at radius 1 is 1.30 bits per heavy atom. The number of carbonyl (C=O) groups excluding carboxylic acids is 1. The number of anilines is 1. The first-order valence-corrected chi connectivity index (χ1v) is 7.52. The summed E-state index contributed by atoms with van der Waals surface area (Å²) in [6, 6.07) is 4.21. The number of nitrogens with one attached hydrogen (secondary N) is 1. The quantitative estimate of drug-likeness (QED) is 0.754.